The molecule has 0 radical (unpaired) electrons. The van der Waals surface area contributed by atoms with Crippen molar-refractivity contribution in [1.29, 1.82) is 0 Å². The van der Waals surface area contributed by atoms with Gasteiger partial charge in [0.05, 0.1) is 12.3 Å². The van der Waals surface area contributed by atoms with Crippen LogP contribution >= 0.6 is 11.3 Å². The molecule has 1 N–H and O–H groups in total. The highest BCUT2D eigenvalue weighted by Gasteiger charge is 2.30. The fourth-order valence-electron chi connectivity index (χ4n) is 2.88. The maximum atomic E-state index is 5.94. The van der Waals surface area contributed by atoms with E-state index in [4.69, 9.17) is 4.74 Å². The first-order valence-electron chi connectivity index (χ1n) is 8.14. The van der Waals surface area contributed by atoms with Crippen LogP contribution in [0.2, 0.25) is 0 Å². The molecule has 2 atom stereocenters. The van der Waals surface area contributed by atoms with Crippen LogP contribution in [0.1, 0.15) is 29.9 Å². The van der Waals surface area contributed by atoms with Crippen molar-refractivity contribution in [2.75, 3.05) is 32.1 Å². The molecule has 0 aromatic carbocycles. The number of hydrogen-bond acceptors (Lipinski definition) is 6. The highest BCUT2D eigenvalue weighted by atomic mass is 32.1. The topological polar surface area (TPSA) is 55.2 Å². The Hall–Kier alpha value is -1.44. The predicted octanol–water partition coefficient (Wildman–Crippen LogP) is 2.29. The largest absolute Gasteiger partial charge is 0.373 e. The first kappa shape index (κ1) is 16.4. The van der Waals surface area contributed by atoms with E-state index in [2.05, 4.69) is 28.5 Å². The van der Waals surface area contributed by atoms with Gasteiger partial charge in [-0.05, 0) is 13.3 Å². The van der Waals surface area contributed by atoms with Crippen molar-refractivity contribution < 1.29 is 4.74 Å². The summed E-state index contributed by atoms with van der Waals surface area (Å²) >= 11 is 1.73. The Morgan fingerprint density at radius 2 is 2.30 bits per heavy atom. The SMILES string of the molecule is CCn1cc([C@@H]2OCC[C@H]2CNCc2cnc(N(C)C)s2)cn1. The molecule has 0 bridgehead atoms. The Kier molecular flexibility index (Phi) is 5.30. The van der Waals surface area contributed by atoms with Crippen LogP contribution in [0.4, 0.5) is 5.13 Å². The molecule has 23 heavy (non-hydrogen) atoms. The van der Waals surface area contributed by atoms with Gasteiger partial charge in [0.1, 0.15) is 0 Å². The van der Waals surface area contributed by atoms with Crippen LogP contribution in [0.25, 0.3) is 0 Å². The molecule has 0 unspecified atom stereocenters. The molecule has 7 heteroatoms. The van der Waals surface area contributed by atoms with Crippen molar-refractivity contribution >= 4 is 16.5 Å². The van der Waals surface area contributed by atoms with Crippen molar-refractivity contribution in [1.82, 2.24) is 20.1 Å². The van der Waals surface area contributed by atoms with Gasteiger partial charge in [0.15, 0.2) is 5.13 Å². The molecule has 3 rings (SSSR count). The zero-order valence-electron chi connectivity index (χ0n) is 14.0. The van der Waals surface area contributed by atoms with E-state index in [0.717, 1.165) is 37.8 Å². The number of ether oxygens (including phenoxy) is 1. The van der Waals surface area contributed by atoms with Gasteiger partial charge < -0.3 is 15.0 Å². The number of thiazole rings is 1. The molecule has 126 valence electrons. The summed E-state index contributed by atoms with van der Waals surface area (Å²) in [4.78, 5) is 7.72. The normalized spacial score (nSPS) is 21.0. The molecule has 1 fully saturated rings. The lowest BCUT2D eigenvalue weighted by molar-refractivity contribution is 0.0904. The average molecular weight is 335 g/mol. The minimum atomic E-state index is 0.168. The summed E-state index contributed by atoms with van der Waals surface area (Å²) < 4.78 is 7.90. The van der Waals surface area contributed by atoms with Gasteiger partial charge >= 0.3 is 0 Å². The molecule has 2 aromatic heterocycles. The van der Waals surface area contributed by atoms with Crippen LogP contribution in [0, 0.1) is 5.92 Å². The highest BCUT2D eigenvalue weighted by molar-refractivity contribution is 7.15. The molecule has 3 heterocycles. The quantitative estimate of drug-likeness (QED) is 0.841. The fourth-order valence-corrected chi connectivity index (χ4v) is 3.68. The lowest BCUT2D eigenvalue weighted by atomic mass is 9.97. The van der Waals surface area contributed by atoms with Gasteiger partial charge in [-0.1, -0.05) is 0 Å². The van der Waals surface area contributed by atoms with E-state index in [-0.39, 0.29) is 6.10 Å². The monoisotopic (exact) mass is 335 g/mol. The molecule has 0 spiro atoms. The third-order valence-electron chi connectivity index (χ3n) is 4.15. The Balaban J connectivity index is 1.52. The van der Waals surface area contributed by atoms with Crippen LogP contribution in [0.5, 0.6) is 0 Å². The number of rotatable bonds is 7. The number of nitrogens with one attached hydrogen (secondary N) is 1. The second-order valence-electron chi connectivity index (χ2n) is 6.10. The van der Waals surface area contributed by atoms with Gasteiger partial charge in [0.2, 0.25) is 0 Å². The minimum Gasteiger partial charge on any atom is -0.373 e. The first-order valence-corrected chi connectivity index (χ1v) is 8.95. The zero-order valence-corrected chi connectivity index (χ0v) is 14.8. The van der Waals surface area contributed by atoms with Crippen LogP contribution in [-0.4, -0.2) is 42.0 Å². The van der Waals surface area contributed by atoms with E-state index >= 15 is 0 Å². The van der Waals surface area contributed by atoms with Gasteiger partial charge in [-0.25, -0.2) is 4.98 Å². The van der Waals surface area contributed by atoms with Crippen molar-refractivity contribution in [2.24, 2.45) is 5.92 Å². The molecule has 0 aliphatic carbocycles. The predicted molar refractivity (Wildman–Crippen MR) is 92.8 cm³/mol. The average Bonchev–Trinajstić information content (AvgIpc) is 3.27. The zero-order chi connectivity index (χ0) is 16.2. The Morgan fingerprint density at radius 3 is 3.00 bits per heavy atom. The summed E-state index contributed by atoms with van der Waals surface area (Å²) in [6.45, 7) is 5.65. The summed E-state index contributed by atoms with van der Waals surface area (Å²) in [5.41, 5.74) is 1.20. The first-order chi connectivity index (χ1) is 11.2. The number of aromatic nitrogens is 3. The lowest BCUT2D eigenvalue weighted by Crippen LogP contribution is -2.24. The van der Waals surface area contributed by atoms with Crippen LogP contribution < -0.4 is 10.2 Å². The summed E-state index contributed by atoms with van der Waals surface area (Å²) in [6, 6.07) is 0. The number of aryl methyl sites for hydroxylation is 1. The maximum Gasteiger partial charge on any atom is 0.185 e. The third-order valence-corrected chi connectivity index (χ3v) is 5.31. The Morgan fingerprint density at radius 1 is 1.43 bits per heavy atom. The standard InChI is InChI=1S/C16H25N5OS/c1-4-21-11-13(8-19-21)15-12(5-6-22-15)7-17-9-14-10-18-16(23-14)20(2)3/h8,10-12,15,17H,4-7,9H2,1-3H3/t12-,15+/m0/s1. The minimum absolute atomic E-state index is 0.168. The van der Waals surface area contributed by atoms with Crippen LogP contribution in [0.15, 0.2) is 18.6 Å². The van der Waals surface area contributed by atoms with Crippen LogP contribution in [-0.2, 0) is 17.8 Å². The van der Waals surface area contributed by atoms with Gasteiger partial charge in [-0.3, -0.25) is 4.68 Å². The van der Waals surface area contributed by atoms with Gasteiger partial charge in [0.25, 0.3) is 0 Å². The Labute approximate surface area is 141 Å². The van der Waals surface area contributed by atoms with E-state index in [1.165, 1.54) is 10.4 Å². The molecule has 1 saturated heterocycles. The van der Waals surface area contributed by atoms with E-state index < -0.39 is 0 Å². The van der Waals surface area contributed by atoms with E-state index in [9.17, 15) is 0 Å². The van der Waals surface area contributed by atoms with Crippen LogP contribution in [0.3, 0.4) is 0 Å². The number of hydrogen-bond donors (Lipinski definition) is 1. The van der Waals surface area contributed by atoms with Gasteiger partial charge in [-0.2, -0.15) is 5.10 Å². The summed E-state index contributed by atoms with van der Waals surface area (Å²) in [5, 5.41) is 8.98. The molecule has 0 amide bonds. The van der Waals surface area contributed by atoms with E-state index in [1.807, 2.05) is 36.1 Å². The summed E-state index contributed by atoms with van der Waals surface area (Å²) in [6.07, 6.45) is 7.28. The van der Waals surface area contributed by atoms with Crippen molar-refractivity contribution in [3.05, 3.63) is 29.0 Å². The number of anilines is 1. The smallest absolute Gasteiger partial charge is 0.185 e. The van der Waals surface area contributed by atoms with Gasteiger partial charge in [-0.15, -0.1) is 11.3 Å². The molecule has 1 aliphatic heterocycles. The Bertz CT molecular complexity index is 624. The molecule has 2 aromatic rings. The molecule has 1 aliphatic rings. The highest BCUT2D eigenvalue weighted by Crippen LogP contribution is 2.34. The van der Waals surface area contributed by atoms with Crippen molar-refractivity contribution in [2.45, 2.75) is 32.5 Å². The van der Waals surface area contributed by atoms with Crippen molar-refractivity contribution in [3.8, 4) is 0 Å². The summed E-state index contributed by atoms with van der Waals surface area (Å²) in [7, 11) is 4.04. The van der Waals surface area contributed by atoms with Gasteiger partial charge in [0, 0.05) is 69.1 Å². The molecule has 6 nitrogen and oxygen atoms in total. The molecular weight excluding hydrogens is 310 g/mol. The van der Waals surface area contributed by atoms with Crippen molar-refractivity contribution in [3.63, 3.8) is 0 Å². The molecule has 0 saturated carbocycles. The fraction of sp³-hybridized carbons (Fsp3) is 0.625. The third kappa shape index (κ3) is 3.91. The second-order valence-corrected chi connectivity index (χ2v) is 7.20. The van der Waals surface area contributed by atoms with E-state index in [1.54, 1.807) is 11.3 Å². The molecular formula is C16H25N5OS. The second kappa shape index (κ2) is 7.42. The summed E-state index contributed by atoms with van der Waals surface area (Å²) in [5.74, 6) is 0.505. The number of nitrogens with zero attached hydrogens (tertiary/aromatic N) is 4. The van der Waals surface area contributed by atoms with E-state index in [0.29, 0.717) is 5.92 Å². The lowest BCUT2D eigenvalue weighted by Gasteiger charge is -2.17. The maximum absolute atomic E-state index is 5.94.